The van der Waals surface area contributed by atoms with Gasteiger partial charge in [0, 0.05) is 6.54 Å². The lowest BCUT2D eigenvalue weighted by molar-refractivity contribution is -0.122. The van der Waals surface area contributed by atoms with Gasteiger partial charge in [-0.2, -0.15) is 11.3 Å². The molecule has 1 rings (SSSR count). The number of alkyl carbamates (subject to hydrolysis) is 1. The Labute approximate surface area is 129 Å². The average Bonchev–Trinajstić information content (AvgIpc) is 2.84. The number of carbonyl (C=O) groups excluding carboxylic acids is 2. The van der Waals surface area contributed by atoms with Gasteiger partial charge in [-0.15, -0.1) is 0 Å². The maximum Gasteiger partial charge on any atom is 0.408 e. The largest absolute Gasteiger partial charge is 0.444 e. The Kier molecular flexibility index (Phi) is 6.42. The first kappa shape index (κ1) is 17.2. The minimum Gasteiger partial charge on any atom is -0.444 e. The molecule has 0 unspecified atom stereocenters. The monoisotopic (exact) mass is 310 g/mol. The minimum atomic E-state index is -0.644. The van der Waals surface area contributed by atoms with Crippen LogP contribution in [0, 0.1) is 0 Å². The lowest BCUT2D eigenvalue weighted by Crippen LogP contribution is -2.46. The molecule has 116 valence electrons. The highest BCUT2D eigenvalue weighted by molar-refractivity contribution is 7.08. The quantitative estimate of drug-likeness (QED) is 0.879. The van der Waals surface area contributed by atoms with Crippen molar-refractivity contribution in [3.63, 3.8) is 0 Å². The number of ether oxygens (including phenoxy) is 1. The Balaban J connectivity index is 2.29. The van der Waals surface area contributed by atoms with E-state index in [9.17, 15) is 9.59 Å². The van der Waals surface area contributed by atoms with Gasteiger partial charge in [0.15, 0.2) is 0 Å². The molecule has 0 saturated heterocycles. The van der Waals surface area contributed by atoms with E-state index in [4.69, 9.17) is 4.74 Å². The number of hydrogen-bond donors (Lipinski definition) is 2. The molecule has 0 radical (unpaired) electrons. The molecule has 1 aromatic heterocycles. The molecule has 0 saturated carbocycles. The Hall–Kier alpha value is -1.82. The summed E-state index contributed by atoms with van der Waals surface area (Å²) in [5, 5.41) is 9.23. The summed E-state index contributed by atoms with van der Waals surface area (Å²) in [6.45, 7) is 7.34. The minimum absolute atomic E-state index is 0.254. The molecule has 0 aliphatic carbocycles. The van der Waals surface area contributed by atoms with E-state index >= 15 is 0 Å². The Morgan fingerprint density at radius 1 is 1.43 bits per heavy atom. The van der Waals surface area contributed by atoms with E-state index in [0.29, 0.717) is 6.54 Å². The Morgan fingerprint density at radius 3 is 2.71 bits per heavy atom. The zero-order valence-corrected chi connectivity index (χ0v) is 13.6. The van der Waals surface area contributed by atoms with Crippen LogP contribution in [-0.4, -0.2) is 30.2 Å². The third-order valence-corrected chi connectivity index (χ3v) is 3.08. The molecule has 21 heavy (non-hydrogen) atoms. The van der Waals surface area contributed by atoms with Crippen LogP contribution in [0.1, 0.15) is 33.3 Å². The molecule has 1 atom stereocenters. The predicted octanol–water partition coefficient (Wildman–Crippen LogP) is 2.79. The van der Waals surface area contributed by atoms with Crippen LogP contribution < -0.4 is 10.6 Å². The van der Waals surface area contributed by atoms with Crippen LogP contribution in [0.3, 0.4) is 0 Å². The molecular formula is C15H22N2O3S. The average molecular weight is 310 g/mol. The van der Waals surface area contributed by atoms with Crippen molar-refractivity contribution in [3.05, 3.63) is 28.5 Å². The van der Waals surface area contributed by atoms with Crippen LogP contribution in [0.15, 0.2) is 22.9 Å². The number of amides is 2. The molecular weight excluding hydrogens is 288 g/mol. The van der Waals surface area contributed by atoms with Crippen LogP contribution >= 0.6 is 11.3 Å². The second-order valence-electron chi connectivity index (χ2n) is 5.57. The summed E-state index contributed by atoms with van der Waals surface area (Å²) in [6, 6.07) is 1.35. The summed E-state index contributed by atoms with van der Waals surface area (Å²) in [5.41, 5.74) is 0.526. The molecule has 0 aromatic carbocycles. The van der Waals surface area contributed by atoms with Gasteiger partial charge in [0.05, 0.1) is 0 Å². The number of thiophene rings is 1. The normalized spacial score (nSPS) is 13.0. The van der Waals surface area contributed by atoms with Gasteiger partial charge in [0.25, 0.3) is 0 Å². The summed E-state index contributed by atoms with van der Waals surface area (Å²) in [5.74, 6) is -0.254. The molecule has 5 nitrogen and oxygen atoms in total. The first-order valence-corrected chi connectivity index (χ1v) is 7.68. The van der Waals surface area contributed by atoms with Gasteiger partial charge in [0.1, 0.15) is 11.6 Å². The molecule has 6 heteroatoms. The van der Waals surface area contributed by atoms with Crippen molar-refractivity contribution in [1.29, 1.82) is 0 Å². The van der Waals surface area contributed by atoms with Crippen molar-refractivity contribution in [2.24, 2.45) is 0 Å². The number of carbonyl (C=O) groups is 2. The molecule has 0 aliphatic heterocycles. The third kappa shape index (κ3) is 7.51. The van der Waals surface area contributed by atoms with E-state index < -0.39 is 17.7 Å². The molecule has 0 spiro atoms. The summed E-state index contributed by atoms with van der Waals surface area (Å²) in [7, 11) is 0. The van der Waals surface area contributed by atoms with E-state index in [1.54, 1.807) is 39.0 Å². The molecule has 2 amide bonds. The van der Waals surface area contributed by atoms with E-state index in [2.05, 4.69) is 10.6 Å². The topological polar surface area (TPSA) is 67.4 Å². The predicted molar refractivity (Wildman–Crippen MR) is 85.2 cm³/mol. The third-order valence-electron chi connectivity index (χ3n) is 2.37. The SMILES string of the molecule is C[C@@H](NC(=O)OC(C)(C)C)C(=O)NCC=Cc1ccsc1. The first-order valence-electron chi connectivity index (χ1n) is 6.74. The zero-order chi connectivity index (χ0) is 15.9. The van der Waals surface area contributed by atoms with Crippen LogP contribution in [0.4, 0.5) is 4.79 Å². The fraction of sp³-hybridized carbons (Fsp3) is 0.467. The van der Waals surface area contributed by atoms with Crippen molar-refractivity contribution >= 4 is 29.4 Å². The lowest BCUT2D eigenvalue weighted by atomic mass is 10.2. The fourth-order valence-corrected chi connectivity index (χ4v) is 2.06. The van der Waals surface area contributed by atoms with Crippen molar-refractivity contribution in [1.82, 2.24) is 10.6 Å². The van der Waals surface area contributed by atoms with Crippen molar-refractivity contribution in [3.8, 4) is 0 Å². The second kappa shape index (κ2) is 7.83. The van der Waals surface area contributed by atoms with Gasteiger partial charge in [-0.25, -0.2) is 4.79 Å². The molecule has 1 heterocycles. The highest BCUT2D eigenvalue weighted by atomic mass is 32.1. The highest BCUT2D eigenvalue weighted by Gasteiger charge is 2.20. The van der Waals surface area contributed by atoms with Crippen molar-refractivity contribution in [2.45, 2.75) is 39.3 Å². The molecule has 0 bridgehead atoms. The van der Waals surface area contributed by atoms with Crippen molar-refractivity contribution in [2.75, 3.05) is 6.54 Å². The number of hydrogen-bond acceptors (Lipinski definition) is 4. The molecule has 0 aliphatic rings. The van der Waals surface area contributed by atoms with Gasteiger partial charge < -0.3 is 15.4 Å². The van der Waals surface area contributed by atoms with Gasteiger partial charge in [-0.1, -0.05) is 12.2 Å². The maximum atomic E-state index is 11.8. The van der Waals surface area contributed by atoms with Gasteiger partial charge in [-0.3, -0.25) is 4.79 Å². The smallest absolute Gasteiger partial charge is 0.408 e. The van der Waals surface area contributed by atoms with Crippen LogP contribution in [-0.2, 0) is 9.53 Å². The Bertz CT molecular complexity index is 490. The standard InChI is InChI=1S/C15H22N2O3S/c1-11(17-14(19)20-15(2,3)4)13(18)16-8-5-6-12-7-9-21-10-12/h5-7,9-11H,8H2,1-4H3,(H,16,18)(H,17,19)/t11-/m1/s1. The fourth-order valence-electron chi connectivity index (χ4n) is 1.43. The Morgan fingerprint density at radius 2 is 2.14 bits per heavy atom. The van der Waals surface area contributed by atoms with Crippen LogP contribution in [0.25, 0.3) is 6.08 Å². The zero-order valence-electron chi connectivity index (χ0n) is 12.8. The van der Waals surface area contributed by atoms with Crippen molar-refractivity contribution < 1.29 is 14.3 Å². The first-order chi connectivity index (χ1) is 9.78. The van der Waals surface area contributed by atoms with E-state index in [0.717, 1.165) is 5.56 Å². The summed E-state index contributed by atoms with van der Waals surface area (Å²) in [6.07, 6.45) is 3.20. The number of nitrogens with one attached hydrogen (secondary N) is 2. The van der Waals surface area contributed by atoms with E-state index in [1.807, 2.05) is 29.0 Å². The van der Waals surface area contributed by atoms with E-state index in [1.165, 1.54) is 0 Å². The van der Waals surface area contributed by atoms with Gasteiger partial charge in [-0.05, 0) is 50.1 Å². The summed E-state index contributed by atoms with van der Waals surface area (Å²) in [4.78, 5) is 23.3. The van der Waals surface area contributed by atoms with Crippen LogP contribution in [0.2, 0.25) is 0 Å². The molecule has 2 N–H and O–H groups in total. The second-order valence-corrected chi connectivity index (χ2v) is 6.35. The van der Waals surface area contributed by atoms with E-state index in [-0.39, 0.29) is 5.91 Å². The van der Waals surface area contributed by atoms with Gasteiger partial charge >= 0.3 is 6.09 Å². The molecule has 1 aromatic rings. The maximum absolute atomic E-state index is 11.8. The molecule has 0 fully saturated rings. The number of rotatable bonds is 5. The van der Waals surface area contributed by atoms with Crippen LogP contribution in [0.5, 0.6) is 0 Å². The van der Waals surface area contributed by atoms with Gasteiger partial charge in [0.2, 0.25) is 5.91 Å². The summed E-state index contributed by atoms with van der Waals surface area (Å²) < 4.78 is 5.09. The lowest BCUT2D eigenvalue weighted by Gasteiger charge is -2.21. The summed E-state index contributed by atoms with van der Waals surface area (Å²) >= 11 is 1.62. The highest BCUT2D eigenvalue weighted by Crippen LogP contribution is 2.07.